The maximum atomic E-state index is 11.0. The van der Waals surface area contributed by atoms with E-state index in [1.807, 2.05) is 0 Å². The molecule has 0 saturated carbocycles. The molecular weight excluding hydrogens is 304 g/mol. The van der Waals surface area contributed by atoms with Gasteiger partial charge in [0, 0.05) is 12.5 Å². The van der Waals surface area contributed by atoms with Crippen molar-refractivity contribution in [1.29, 1.82) is 0 Å². The number of fused-ring (bicyclic) bond motifs is 1. The Balaban J connectivity index is 2.56. The summed E-state index contributed by atoms with van der Waals surface area (Å²) < 4.78 is 17.0. The van der Waals surface area contributed by atoms with Crippen LogP contribution in [-0.2, 0) is 11.2 Å². The quantitative estimate of drug-likeness (QED) is 0.926. The maximum Gasteiger partial charge on any atom is 0.308 e. The number of methoxy groups -OCH3 is 1. The number of hydrogen-bond acceptors (Lipinski definition) is 4. The van der Waals surface area contributed by atoms with Crippen LogP contribution in [0.2, 0.25) is 0 Å². The Morgan fingerprint density at radius 3 is 2.89 bits per heavy atom. The number of halogens is 1. The molecule has 1 aromatic carbocycles. The van der Waals surface area contributed by atoms with Crippen LogP contribution < -0.4 is 14.2 Å². The molecule has 98 valence electrons. The molecule has 6 heteroatoms. The van der Waals surface area contributed by atoms with Crippen molar-refractivity contribution in [3.8, 4) is 17.2 Å². The minimum Gasteiger partial charge on any atom is -0.495 e. The van der Waals surface area contributed by atoms with Gasteiger partial charge >= 0.3 is 5.97 Å². The van der Waals surface area contributed by atoms with E-state index in [0.29, 0.717) is 40.5 Å². The molecule has 0 amide bonds. The highest BCUT2D eigenvalue weighted by Crippen LogP contribution is 2.44. The van der Waals surface area contributed by atoms with Gasteiger partial charge in [0.2, 0.25) is 0 Å². The standard InChI is InChI=1S/C12H13BrO5/c1-16-11-7(5-10(14)15)12-9(6-8(11)13)17-3-2-4-18-12/h6H,2-5H2,1H3,(H,14,15). The van der Waals surface area contributed by atoms with Crippen molar-refractivity contribution >= 4 is 21.9 Å². The van der Waals surface area contributed by atoms with Gasteiger partial charge in [-0.15, -0.1) is 0 Å². The highest BCUT2D eigenvalue weighted by Gasteiger charge is 2.23. The molecule has 1 aromatic rings. The van der Waals surface area contributed by atoms with Crippen molar-refractivity contribution in [1.82, 2.24) is 0 Å². The number of rotatable bonds is 3. The first-order valence-corrected chi connectivity index (χ1v) is 6.29. The molecular formula is C12H13BrO5. The second-order valence-corrected chi connectivity index (χ2v) is 4.67. The van der Waals surface area contributed by atoms with Gasteiger partial charge in [0.1, 0.15) is 5.75 Å². The van der Waals surface area contributed by atoms with Crippen molar-refractivity contribution in [2.45, 2.75) is 12.8 Å². The lowest BCUT2D eigenvalue weighted by Gasteiger charge is -2.16. The van der Waals surface area contributed by atoms with E-state index >= 15 is 0 Å². The minimum absolute atomic E-state index is 0.172. The van der Waals surface area contributed by atoms with Crippen LogP contribution >= 0.6 is 15.9 Å². The van der Waals surface area contributed by atoms with Gasteiger partial charge in [-0.1, -0.05) is 0 Å². The number of benzene rings is 1. The monoisotopic (exact) mass is 316 g/mol. The van der Waals surface area contributed by atoms with E-state index in [4.69, 9.17) is 19.3 Å². The summed E-state index contributed by atoms with van der Waals surface area (Å²) >= 11 is 3.35. The second kappa shape index (κ2) is 5.48. The molecule has 0 radical (unpaired) electrons. The lowest BCUT2D eigenvalue weighted by molar-refractivity contribution is -0.136. The summed E-state index contributed by atoms with van der Waals surface area (Å²) in [6.45, 7) is 1.06. The van der Waals surface area contributed by atoms with Crippen LogP contribution in [0.5, 0.6) is 17.2 Å². The third kappa shape index (κ3) is 2.53. The zero-order valence-corrected chi connectivity index (χ0v) is 11.4. The van der Waals surface area contributed by atoms with Crippen LogP contribution in [0.25, 0.3) is 0 Å². The molecule has 18 heavy (non-hydrogen) atoms. The van der Waals surface area contributed by atoms with Crippen molar-refractivity contribution in [3.63, 3.8) is 0 Å². The number of carboxylic acid groups (broad SMARTS) is 1. The molecule has 0 bridgehead atoms. The lowest BCUT2D eigenvalue weighted by Crippen LogP contribution is -2.06. The van der Waals surface area contributed by atoms with Crippen LogP contribution in [0.1, 0.15) is 12.0 Å². The maximum absolute atomic E-state index is 11.0. The molecule has 0 spiro atoms. The van der Waals surface area contributed by atoms with Crippen molar-refractivity contribution in [3.05, 3.63) is 16.1 Å². The van der Waals surface area contributed by atoms with E-state index < -0.39 is 5.97 Å². The van der Waals surface area contributed by atoms with Crippen molar-refractivity contribution in [2.24, 2.45) is 0 Å². The van der Waals surface area contributed by atoms with E-state index in [-0.39, 0.29) is 6.42 Å². The predicted octanol–water partition coefficient (Wildman–Crippen LogP) is 2.25. The van der Waals surface area contributed by atoms with Crippen LogP contribution in [0, 0.1) is 0 Å². The zero-order chi connectivity index (χ0) is 13.1. The highest BCUT2D eigenvalue weighted by atomic mass is 79.9. The first-order valence-electron chi connectivity index (χ1n) is 5.50. The molecule has 0 saturated heterocycles. The second-order valence-electron chi connectivity index (χ2n) is 3.82. The van der Waals surface area contributed by atoms with E-state index in [1.165, 1.54) is 7.11 Å². The molecule has 0 aromatic heterocycles. The molecule has 5 nitrogen and oxygen atoms in total. The third-order valence-corrected chi connectivity index (χ3v) is 3.16. The average Bonchev–Trinajstić information content (AvgIpc) is 2.53. The molecule has 0 unspecified atom stereocenters. The Morgan fingerprint density at radius 2 is 2.22 bits per heavy atom. The van der Waals surface area contributed by atoms with Gasteiger partial charge < -0.3 is 19.3 Å². The van der Waals surface area contributed by atoms with Gasteiger partial charge in [-0.3, -0.25) is 4.79 Å². The van der Waals surface area contributed by atoms with E-state index in [2.05, 4.69) is 15.9 Å². The average molecular weight is 317 g/mol. The Hall–Kier alpha value is -1.43. The van der Waals surface area contributed by atoms with E-state index in [1.54, 1.807) is 6.07 Å². The van der Waals surface area contributed by atoms with Crippen molar-refractivity contribution < 1.29 is 24.1 Å². The van der Waals surface area contributed by atoms with Gasteiger partial charge in [-0.25, -0.2) is 0 Å². The molecule has 1 heterocycles. The number of carboxylic acids is 1. The van der Waals surface area contributed by atoms with Crippen LogP contribution in [0.4, 0.5) is 0 Å². The smallest absolute Gasteiger partial charge is 0.308 e. The fourth-order valence-electron chi connectivity index (χ4n) is 1.86. The first kappa shape index (κ1) is 13.0. The van der Waals surface area contributed by atoms with Gasteiger partial charge in [-0.05, 0) is 15.9 Å². The molecule has 2 rings (SSSR count). The fraction of sp³-hybridized carbons (Fsp3) is 0.417. The third-order valence-electron chi connectivity index (χ3n) is 2.57. The number of hydrogen-bond donors (Lipinski definition) is 1. The van der Waals surface area contributed by atoms with Crippen LogP contribution in [0.15, 0.2) is 10.5 Å². The number of ether oxygens (including phenoxy) is 3. The number of aliphatic carboxylic acids is 1. The molecule has 1 aliphatic rings. The molecule has 1 aliphatic heterocycles. The largest absolute Gasteiger partial charge is 0.495 e. The minimum atomic E-state index is -0.943. The topological polar surface area (TPSA) is 65.0 Å². The van der Waals surface area contributed by atoms with Gasteiger partial charge in [0.25, 0.3) is 0 Å². The summed E-state index contributed by atoms with van der Waals surface area (Å²) in [7, 11) is 1.50. The Bertz CT molecular complexity index is 472. The Labute approximate surface area is 113 Å². The normalized spacial score (nSPS) is 13.9. The summed E-state index contributed by atoms with van der Waals surface area (Å²) in [5.74, 6) is 0.550. The summed E-state index contributed by atoms with van der Waals surface area (Å²) in [5, 5.41) is 8.98. The van der Waals surface area contributed by atoms with E-state index in [0.717, 1.165) is 6.42 Å². The highest BCUT2D eigenvalue weighted by molar-refractivity contribution is 9.10. The zero-order valence-electron chi connectivity index (χ0n) is 9.86. The van der Waals surface area contributed by atoms with Crippen molar-refractivity contribution in [2.75, 3.05) is 20.3 Å². The Morgan fingerprint density at radius 1 is 1.50 bits per heavy atom. The molecule has 0 atom stereocenters. The van der Waals surface area contributed by atoms with E-state index in [9.17, 15) is 4.79 Å². The SMILES string of the molecule is COc1c(Br)cc2c(c1CC(=O)O)OCCCO2. The summed E-state index contributed by atoms with van der Waals surface area (Å²) in [6, 6.07) is 1.74. The first-order chi connectivity index (χ1) is 8.63. The summed E-state index contributed by atoms with van der Waals surface area (Å²) in [6.07, 6.45) is 0.593. The number of carbonyl (C=O) groups is 1. The van der Waals surface area contributed by atoms with Crippen LogP contribution in [-0.4, -0.2) is 31.4 Å². The Kier molecular flexibility index (Phi) is 3.96. The lowest BCUT2D eigenvalue weighted by atomic mass is 10.1. The predicted molar refractivity (Wildman–Crippen MR) is 67.6 cm³/mol. The summed E-state index contributed by atoms with van der Waals surface area (Å²) in [5.41, 5.74) is 0.497. The van der Waals surface area contributed by atoms with Crippen LogP contribution in [0.3, 0.4) is 0 Å². The molecule has 1 N–H and O–H groups in total. The van der Waals surface area contributed by atoms with Gasteiger partial charge in [-0.2, -0.15) is 0 Å². The van der Waals surface area contributed by atoms with Gasteiger partial charge in [0.05, 0.1) is 36.8 Å². The van der Waals surface area contributed by atoms with Gasteiger partial charge in [0.15, 0.2) is 11.5 Å². The molecule has 0 aliphatic carbocycles. The fourth-order valence-corrected chi connectivity index (χ4v) is 2.46. The molecule has 0 fully saturated rings. The summed E-state index contributed by atoms with van der Waals surface area (Å²) in [4.78, 5) is 11.0.